The van der Waals surface area contributed by atoms with E-state index in [4.69, 9.17) is 4.74 Å². The fourth-order valence-corrected chi connectivity index (χ4v) is 3.07. The number of benzene rings is 2. The predicted molar refractivity (Wildman–Crippen MR) is 114 cm³/mol. The highest BCUT2D eigenvalue weighted by Crippen LogP contribution is 2.30. The molecule has 30 heavy (non-hydrogen) atoms. The Labute approximate surface area is 174 Å². The van der Waals surface area contributed by atoms with Crippen molar-refractivity contribution >= 4 is 11.4 Å². The van der Waals surface area contributed by atoms with Gasteiger partial charge in [0.25, 0.3) is 5.56 Å². The number of aromatic nitrogens is 1. The number of hydrogen-bond acceptors (Lipinski definition) is 6. The molecular weight excluding hydrogens is 380 g/mol. The van der Waals surface area contributed by atoms with Gasteiger partial charge in [0.2, 0.25) is 5.88 Å². The molecule has 0 fully saturated rings. The Kier molecular flexibility index (Phi) is 6.60. The van der Waals surface area contributed by atoms with Crippen molar-refractivity contribution in [3.05, 3.63) is 81.6 Å². The van der Waals surface area contributed by atoms with Crippen molar-refractivity contribution in [2.45, 2.75) is 26.8 Å². The molecule has 1 aromatic heterocycles. The molecule has 2 aromatic carbocycles. The smallest absolute Gasteiger partial charge is 0.281 e. The first kappa shape index (κ1) is 20.8. The van der Waals surface area contributed by atoms with Crippen LogP contribution in [0.4, 0.5) is 11.4 Å². The summed E-state index contributed by atoms with van der Waals surface area (Å²) >= 11 is 0. The SMILES string of the molecule is CCOc1ccccc1N=Nc1c(C)c(C#N)c(O)n(CCc2ccccc2)c1=O. The number of nitrogens with zero attached hydrogens (tertiary/aromatic N) is 4. The van der Waals surface area contributed by atoms with Crippen LogP contribution in [-0.4, -0.2) is 16.3 Å². The van der Waals surface area contributed by atoms with Crippen molar-refractivity contribution in [2.24, 2.45) is 10.2 Å². The van der Waals surface area contributed by atoms with Crippen LogP contribution in [0.5, 0.6) is 11.6 Å². The number of nitriles is 1. The standard InChI is InChI=1S/C23H22N4O3/c1-3-30-20-12-8-7-11-19(20)25-26-21-16(2)18(15-24)22(28)27(23(21)29)14-13-17-9-5-4-6-10-17/h4-12,28H,3,13-14H2,1-2H3. The molecule has 7 heteroatoms. The molecule has 0 saturated carbocycles. The number of rotatable bonds is 7. The number of hydrogen-bond donors (Lipinski definition) is 1. The first-order valence-corrected chi connectivity index (χ1v) is 9.60. The molecule has 0 amide bonds. The van der Waals surface area contributed by atoms with Crippen molar-refractivity contribution in [1.82, 2.24) is 4.57 Å². The molecule has 0 spiro atoms. The summed E-state index contributed by atoms with van der Waals surface area (Å²) in [6.45, 7) is 4.12. The highest BCUT2D eigenvalue weighted by Gasteiger charge is 2.19. The average molecular weight is 402 g/mol. The third-order valence-corrected chi connectivity index (χ3v) is 4.66. The second-order valence-electron chi connectivity index (χ2n) is 6.58. The van der Waals surface area contributed by atoms with E-state index in [2.05, 4.69) is 10.2 Å². The Morgan fingerprint density at radius 1 is 1.10 bits per heavy atom. The summed E-state index contributed by atoms with van der Waals surface area (Å²) in [6.07, 6.45) is 0.520. The van der Waals surface area contributed by atoms with Crippen LogP contribution in [0.15, 0.2) is 69.6 Å². The topological polar surface area (TPSA) is 100.0 Å². The fourth-order valence-electron chi connectivity index (χ4n) is 3.07. The Bertz CT molecular complexity index is 1160. The van der Waals surface area contributed by atoms with Gasteiger partial charge in [0, 0.05) is 12.1 Å². The van der Waals surface area contributed by atoms with E-state index in [9.17, 15) is 15.2 Å². The molecular formula is C23H22N4O3. The van der Waals surface area contributed by atoms with Gasteiger partial charge in [-0.25, -0.2) is 0 Å². The van der Waals surface area contributed by atoms with Gasteiger partial charge in [0.15, 0.2) is 5.69 Å². The molecule has 0 radical (unpaired) electrons. The van der Waals surface area contributed by atoms with E-state index in [0.717, 1.165) is 5.56 Å². The van der Waals surface area contributed by atoms with E-state index >= 15 is 0 Å². The first-order valence-electron chi connectivity index (χ1n) is 9.60. The normalized spacial score (nSPS) is 10.8. The molecule has 3 aromatic rings. The minimum Gasteiger partial charge on any atom is -0.493 e. The molecule has 3 rings (SSSR count). The number of ether oxygens (including phenoxy) is 1. The van der Waals surface area contributed by atoms with Crippen LogP contribution >= 0.6 is 0 Å². The number of aromatic hydroxyl groups is 1. The van der Waals surface area contributed by atoms with Gasteiger partial charge in [-0.2, -0.15) is 5.26 Å². The maximum Gasteiger partial charge on any atom is 0.281 e. The molecule has 0 saturated heterocycles. The second kappa shape index (κ2) is 9.52. The zero-order valence-electron chi connectivity index (χ0n) is 16.9. The largest absolute Gasteiger partial charge is 0.493 e. The summed E-state index contributed by atoms with van der Waals surface area (Å²) in [5.41, 5.74) is 1.29. The molecule has 0 unspecified atom stereocenters. The van der Waals surface area contributed by atoms with Gasteiger partial charge in [-0.3, -0.25) is 9.36 Å². The highest BCUT2D eigenvalue weighted by molar-refractivity contribution is 5.57. The van der Waals surface area contributed by atoms with Crippen LogP contribution < -0.4 is 10.3 Å². The Hall–Kier alpha value is -3.92. The minimum atomic E-state index is -0.502. The number of pyridine rings is 1. The summed E-state index contributed by atoms with van der Waals surface area (Å²) in [5.74, 6) is 0.190. The zero-order valence-corrected chi connectivity index (χ0v) is 16.9. The lowest BCUT2D eigenvalue weighted by atomic mass is 10.1. The number of para-hydroxylation sites is 1. The molecule has 7 nitrogen and oxygen atoms in total. The minimum absolute atomic E-state index is 0.00899. The van der Waals surface area contributed by atoms with E-state index in [1.54, 1.807) is 25.1 Å². The third-order valence-electron chi connectivity index (χ3n) is 4.66. The molecule has 0 atom stereocenters. The Morgan fingerprint density at radius 3 is 2.50 bits per heavy atom. The van der Waals surface area contributed by atoms with Crippen LogP contribution in [0.25, 0.3) is 0 Å². The van der Waals surface area contributed by atoms with Crippen LogP contribution in [0, 0.1) is 18.3 Å². The third kappa shape index (κ3) is 4.39. The van der Waals surface area contributed by atoms with E-state index < -0.39 is 5.56 Å². The predicted octanol–water partition coefficient (Wildman–Crippen LogP) is 4.79. The van der Waals surface area contributed by atoms with E-state index in [1.165, 1.54) is 4.57 Å². The first-order chi connectivity index (χ1) is 14.6. The van der Waals surface area contributed by atoms with Crippen LogP contribution in [0.3, 0.4) is 0 Å². The molecule has 1 heterocycles. The van der Waals surface area contributed by atoms with Crippen molar-refractivity contribution in [3.8, 4) is 17.7 Å². The fraction of sp³-hybridized carbons (Fsp3) is 0.217. The molecule has 0 aliphatic carbocycles. The van der Waals surface area contributed by atoms with Crippen molar-refractivity contribution in [1.29, 1.82) is 5.26 Å². The highest BCUT2D eigenvalue weighted by atomic mass is 16.5. The molecule has 152 valence electrons. The summed E-state index contributed by atoms with van der Waals surface area (Å²) in [5, 5.41) is 28.3. The van der Waals surface area contributed by atoms with Gasteiger partial charge in [0.1, 0.15) is 23.1 Å². The van der Waals surface area contributed by atoms with E-state index in [0.29, 0.717) is 24.5 Å². The van der Waals surface area contributed by atoms with Gasteiger partial charge in [0.05, 0.1) is 6.61 Å². The monoisotopic (exact) mass is 402 g/mol. The zero-order chi connectivity index (χ0) is 21.5. The van der Waals surface area contributed by atoms with Crippen molar-refractivity contribution in [2.75, 3.05) is 6.61 Å². The van der Waals surface area contributed by atoms with E-state index in [-0.39, 0.29) is 29.2 Å². The molecule has 1 N–H and O–H groups in total. The summed E-state index contributed by atoms with van der Waals surface area (Å²) in [6, 6.07) is 18.7. The molecule has 0 aliphatic rings. The lowest BCUT2D eigenvalue weighted by molar-refractivity contribution is 0.341. The van der Waals surface area contributed by atoms with Gasteiger partial charge >= 0.3 is 0 Å². The number of aryl methyl sites for hydroxylation is 1. The molecule has 0 bridgehead atoms. The average Bonchev–Trinajstić information content (AvgIpc) is 2.76. The van der Waals surface area contributed by atoms with Crippen molar-refractivity contribution in [3.63, 3.8) is 0 Å². The van der Waals surface area contributed by atoms with Crippen LogP contribution in [-0.2, 0) is 13.0 Å². The quantitative estimate of drug-likeness (QED) is 0.574. The van der Waals surface area contributed by atoms with Crippen LogP contribution in [0.1, 0.15) is 23.6 Å². The molecule has 0 aliphatic heterocycles. The summed E-state index contributed by atoms with van der Waals surface area (Å²) in [7, 11) is 0. The Balaban J connectivity index is 2.02. The lowest BCUT2D eigenvalue weighted by Gasteiger charge is -2.13. The lowest BCUT2D eigenvalue weighted by Crippen LogP contribution is -2.22. The van der Waals surface area contributed by atoms with Crippen LogP contribution in [0.2, 0.25) is 0 Å². The van der Waals surface area contributed by atoms with Gasteiger partial charge < -0.3 is 9.84 Å². The number of azo groups is 1. The Morgan fingerprint density at radius 2 is 1.80 bits per heavy atom. The summed E-state index contributed by atoms with van der Waals surface area (Å²) < 4.78 is 6.70. The van der Waals surface area contributed by atoms with E-state index in [1.807, 2.05) is 49.4 Å². The van der Waals surface area contributed by atoms with Gasteiger partial charge in [-0.05, 0) is 38.0 Å². The van der Waals surface area contributed by atoms with Gasteiger partial charge in [-0.15, -0.1) is 10.2 Å². The van der Waals surface area contributed by atoms with Crippen molar-refractivity contribution < 1.29 is 9.84 Å². The maximum atomic E-state index is 13.0. The second-order valence-corrected chi connectivity index (χ2v) is 6.58. The van der Waals surface area contributed by atoms with Gasteiger partial charge in [-0.1, -0.05) is 42.5 Å². The maximum absolute atomic E-state index is 13.0. The summed E-state index contributed by atoms with van der Waals surface area (Å²) in [4.78, 5) is 13.0.